The summed E-state index contributed by atoms with van der Waals surface area (Å²) in [5.41, 5.74) is 15.6. The molecule has 0 saturated heterocycles. The minimum Gasteiger partial charge on any atom is -0.485 e. The minimum atomic E-state index is -0.0344. The number of rotatable bonds is 6. The fourth-order valence-electron chi connectivity index (χ4n) is 9.32. The standard InChI is InChI=1S/C55H37NO3/c1-34-12-2-3-13-39(34)44-18-8-11-21-51(44)57-38-25-29-55-48(33-38)46-31-36(23-27-53(46)59-55)41-15-5-4-14-40(41)35-22-26-52-45(30-35)47-32-37(24-28-54(47)58-52)56-49-19-9-6-16-42(49)43-17-7-10-20-50(43)56/h2-26,28-33,53H,27H2,1H3. The van der Waals surface area contributed by atoms with Gasteiger partial charge in [0.2, 0.25) is 0 Å². The third kappa shape index (κ3) is 5.44. The fourth-order valence-corrected chi connectivity index (χ4v) is 9.32. The number of nitrogens with zero attached hydrogens (tertiary/aromatic N) is 1. The first kappa shape index (κ1) is 33.6. The lowest BCUT2D eigenvalue weighted by atomic mass is 9.87. The van der Waals surface area contributed by atoms with E-state index in [0.717, 1.165) is 68.0 Å². The van der Waals surface area contributed by atoms with Crippen molar-refractivity contribution in [2.24, 2.45) is 0 Å². The third-order valence-corrected chi connectivity index (χ3v) is 12.1. The van der Waals surface area contributed by atoms with E-state index >= 15 is 0 Å². The maximum absolute atomic E-state index is 6.63. The van der Waals surface area contributed by atoms with E-state index in [2.05, 4.69) is 175 Å². The average molecular weight is 760 g/mol. The predicted molar refractivity (Wildman–Crippen MR) is 242 cm³/mol. The second-order valence-electron chi connectivity index (χ2n) is 15.6. The molecule has 0 fully saturated rings. The SMILES string of the molecule is Cc1ccccc1-c1ccccc1Oc1ccc2c(c1)C1=CC(c3ccccc3-c3ccc4oc5ccc(-n6c7ccccc7c7ccccc76)cc5c4c3)=CCC1O2. The highest BCUT2D eigenvalue weighted by Gasteiger charge is 2.31. The summed E-state index contributed by atoms with van der Waals surface area (Å²) in [6, 6.07) is 62.0. The van der Waals surface area contributed by atoms with E-state index in [4.69, 9.17) is 13.9 Å². The van der Waals surface area contributed by atoms with Crippen molar-refractivity contribution in [3.05, 3.63) is 205 Å². The van der Waals surface area contributed by atoms with Crippen LogP contribution < -0.4 is 9.47 Å². The van der Waals surface area contributed by atoms with E-state index in [1.165, 1.54) is 55.2 Å². The summed E-state index contributed by atoms with van der Waals surface area (Å²) < 4.78 is 21.9. The van der Waals surface area contributed by atoms with Gasteiger partial charge in [0.25, 0.3) is 0 Å². The first-order chi connectivity index (χ1) is 29.1. The Hall–Kier alpha value is -7.56. The van der Waals surface area contributed by atoms with Crippen molar-refractivity contribution in [1.82, 2.24) is 4.57 Å². The highest BCUT2D eigenvalue weighted by molar-refractivity contribution is 6.11. The number of hydrogen-bond acceptors (Lipinski definition) is 3. The zero-order valence-corrected chi connectivity index (χ0v) is 32.4. The van der Waals surface area contributed by atoms with Crippen LogP contribution in [0.1, 0.15) is 23.1 Å². The molecule has 0 bridgehead atoms. The number of aryl methyl sites for hydroxylation is 1. The Bertz CT molecular complexity index is 3340. The molecule has 8 aromatic carbocycles. The van der Waals surface area contributed by atoms with Crippen LogP contribution in [0, 0.1) is 6.92 Å². The van der Waals surface area contributed by atoms with Crippen molar-refractivity contribution in [3.8, 4) is 45.2 Å². The summed E-state index contributed by atoms with van der Waals surface area (Å²) in [6.45, 7) is 2.14. The smallest absolute Gasteiger partial charge is 0.135 e. The minimum absolute atomic E-state index is 0.0344. The van der Waals surface area contributed by atoms with Crippen molar-refractivity contribution in [2.75, 3.05) is 0 Å². The summed E-state index contributed by atoms with van der Waals surface area (Å²) >= 11 is 0. The fraction of sp³-hybridized carbons (Fsp3) is 0.0545. The molecule has 0 saturated carbocycles. The second-order valence-corrected chi connectivity index (χ2v) is 15.6. The van der Waals surface area contributed by atoms with Gasteiger partial charge >= 0.3 is 0 Å². The largest absolute Gasteiger partial charge is 0.485 e. The molecule has 59 heavy (non-hydrogen) atoms. The predicted octanol–water partition coefficient (Wildman–Crippen LogP) is 14.7. The number of allylic oxidation sites excluding steroid dienone is 2. The van der Waals surface area contributed by atoms with Crippen LogP contribution in [0.4, 0.5) is 0 Å². The molecule has 1 aliphatic carbocycles. The van der Waals surface area contributed by atoms with Gasteiger partial charge < -0.3 is 18.5 Å². The van der Waals surface area contributed by atoms with E-state index in [-0.39, 0.29) is 6.10 Å². The van der Waals surface area contributed by atoms with Gasteiger partial charge in [-0.2, -0.15) is 0 Å². The summed E-state index contributed by atoms with van der Waals surface area (Å²) in [4.78, 5) is 0. The number of para-hydroxylation sites is 3. The van der Waals surface area contributed by atoms with Gasteiger partial charge in [0, 0.05) is 50.4 Å². The van der Waals surface area contributed by atoms with Crippen LogP contribution in [0.2, 0.25) is 0 Å². The van der Waals surface area contributed by atoms with Crippen molar-refractivity contribution in [2.45, 2.75) is 19.4 Å². The molecular formula is C55H37NO3. The highest BCUT2D eigenvalue weighted by atomic mass is 16.5. The number of hydrogen-bond donors (Lipinski definition) is 0. The Labute approximate surface area is 341 Å². The molecule has 0 N–H and O–H groups in total. The number of ether oxygens (including phenoxy) is 2. The molecule has 3 heterocycles. The van der Waals surface area contributed by atoms with Crippen molar-refractivity contribution in [3.63, 3.8) is 0 Å². The summed E-state index contributed by atoms with van der Waals surface area (Å²) in [7, 11) is 0. The second kappa shape index (κ2) is 13.3. The molecule has 4 nitrogen and oxygen atoms in total. The van der Waals surface area contributed by atoms with Crippen molar-refractivity contribution < 1.29 is 13.9 Å². The van der Waals surface area contributed by atoms with Gasteiger partial charge in [-0.1, -0.05) is 115 Å². The zero-order valence-electron chi connectivity index (χ0n) is 32.4. The maximum atomic E-state index is 6.63. The lowest BCUT2D eigenvalue weighted by Gasteiger charge is -2.19. The number of fused-ring (bicyclic) bond motifs is 9. The third-order valence-electron chi connectivity index (χ3n) is 12.1. The van der Waals surface area contributed by atoms with Crippen LogP contribution in [0.25, 0.3) is 82.8 Å². The van der Waals surface area contributed by atoms with Gasteiger partial charge in [-0.15, -0.1) is 0 Å². The normalized spacial score (nSPS) is 14.6. The van der Waals surface area contributed by atoms with Crippen LogP contribution in [-0.4, -0.2) is 10.7 Å². The van der Waals surface area contributed by atoms with E-state index < -0.39 is 0 Å². The highest BCUT2D eigenvalue weighted by Crippen LogP contribution is 2.47. The summed E-state index contributed by atoms with van der Waals surface area (Å²) in [6.07, 6.45) is 5.38. The Kier molecular flexibility index (Phi) is 7.54. The molecule has 4 heteroatoms. The van der Waals surface area contributed by atoms with Crippen LogP contribution >= 0.6 is 0 Å². The van der Waals surface area contributed by atoms with Gasteiger partial charge in [-0.3, -0.25) is 0 Å². The van der Waals surface area contributed by atoms with Crippen molar-refractivity contribution >= 4 is 54.9 Å². The summed E-state index contributed by atoms with van der Waals surface area (Å²) in [5, 5.41) is 4.69. The molecule has 0 spiro atoms. The quantitative estimate of drug-likeness (QED) is 0.169. The molecule has 280 valence electrons. The number of furan rings is 1. The van der Waals surface area contributed by atoms with Crippen molar-refractivity contribution in [1.29, 1.82) is 0 Å². The topological polar surface area (TPSA) is 36.5 Å². The van der Waals surface area contributed by atoms with Gasteiger partial charge in [0.05, 0.1) is 11.0 Å². The number of benzene rings is 8. The molecule has 0 radical (unpaired) electrons. The van der Waals surface area contributed by atoms with E-state index in [0.29, 0.717) is 0 Å². The first-order valence-electron chi connectivity index (χ1n) is 20.2. The lowest BCUT2D eigenvalue weighted by molar-refractivity contribution is 0.279. The molecule has 2 aromatic heterocycles. The Morgan fingerprint density at radius 3 is 2.00 bits per heavy atom. The van der Waals surface area contributed by atoms with Crippen LogP contribution in [0.5, 0.6) is 17.2 Å². The molecule has 1 atom stereocenters. The molecule has 10 aromatic rings. The number of aromatic nitrogens is 1. The van der Waals surface area contributed by atoms with E-state index in [1.807, 2.05) is 24.3 Å². The maximum Gasteiger partial charge on any atom is 0.135 e. The zero-order chi connectivity index (χ0) is 39.0. The van der Waals surface area contributed by atoms with Crippen LogP contribution in [-0.2, 0) is 0 Å². The van der Waals surface area contributed by atoms with Gasteiger partial charge in [0.1, 0.15) is 34.5 Å². The molecule has 1 aliphatic heterocycles. The Balaban J connectivity index is 0.907. The summed E-state index contributed by atoms with van der Waals surface area (Å²) in [5.74, 6) is 2.50. The Morgan fingerprint density at radius 1 is 0.542 bits per heavy atom. The van der Waals surface area contributed by atoms with Gasteiger partial charge in [-0.25, -0.2) is 0 Å². The van der Waals surface area contributed by atoms with Crippen LogP contribution in [0.3, 0.4) is 0 Å². The first-order valence-corrected chi connectivity index (χ1v) is 20.2. The molecule has 2 aliphatic rings. The van der Waals surface area contributed by atoms with Gasteiger partial charge in [0.15, 0.2) is 0 Å². The molecule has 0 amide bonds. The van der Waals surface area contributed by atoms with E-state index in [9.17, 15) is 0 Å². The van der Waals surface area contributed by atoms with Gasteiger partial charge in [-0.05, 0) is 113 Å². The average Bonchev–Trinajstić information content (AvgIpc) is 3.95. The molecular weight excluding hydrogens is 723 g/mol. The molecule has 12 rings (SSSR count). The molecule has 1 unspecified atom stereocenters. The Morgan fingerprint density at radius 2 is 1.20 bits per heavy atom. The monoisotopic (exact) mass is 759 g/mol. The van der Waals surface area contributed by atoms with Crippen LogP contribution in [0.15, 0.2) is 192 Å². The van der Waals surface area contributed by atoms with E-state index in [1.54, 1.807) is 0 Å². The lowest BCUT2D eigenvalue weighted by Crippen LogP contribution is -2.13.